The van der Waals surface area contributed by atoms with E-state index in [4.69, 9.17) is 0 Å². The van der Waals surface area contributed by atoms with Gasteiger partial charge in [-0.15, -0.1) is 10.2 Å². The number of hydrogen-bond donors (Lipinski definition) is 2. The Balaban J connectivity index is 1.41. The van der Waals surface area contributed by atoms with Gasteiger partial charge in [0.25, 0.3) is 0 Å². The number of fused-ring (bicyclic) bond motifs is 2. The van der Waals surface area contributed by atoms with Crippen molar-refractivity contribution in [1.29, 1.82) is 0 Å². The number of carbonyl (C=O) groups is 3. The van der Waals surface area contributed by atoms with Gasteiger partial charge in [0.2, 0.25) is 11.7 Å². The molecule has 0 radical (unpaired) electrons. The Bertz CT molecular complexity index is 1150. The van der Waals surface area contributed by atoms with Crippen LogP contribution in [0.2, 0.25) is 0 Å². The highest BCUT2D eigenvalue weighted by Crippen LogP contribution is 2.45. The fourth-order valence-corrected chi connectivity index (χ4v) is 4.98. The van der Waals surface area contributed by atoms with E-state index >= 15 is 0 Å². The Hall–Kier alpha value is -3.76. The van der Waals surface area contributed by atoms with Gasteiger partial charge in [-0.05, 0) is 30.9 Å². The summed E-state index contributed by atoms with van der Waals surface area (Å²) in [4.78, 5) is 43.4. The maximum atomic E-state index is 13.4. The lowest BCUT2D eigenvalue weighted by Gasteiger charge is -2.29. The lowest BCUT2D eigenvalue weighted by Crippen LogP contribution is -2.54. The highest BCUT2D eigenvalue weighted by molar-refractivity contribution is 5.94. The number of nitrogens with zero attached hydrogens (tertiary/aromatic N) is 6. The van der Waals surface area contributed by atoms with Gasteiger partial charge < -0.3 is 20.2 Å². The molecule has 1 saturated carbocycles. The van der Waals surface area contributed by atoms with E-state index in [0.717, 1.165) is 24.8 Å². The van der Waals surface area contributed by atoms with E-state index in [1.165, 1.54) is 9.70 Å². The minimum atomic E-state index is -1.32. The molecular weight excluding hydrogens is 450 g/mol. The van der Waals surface area contributed by atoms with Gasteiger partial charge >= 0.3 is 12.0 Å². The highest BCUT2D eigenvalue weighted by atomic mass is 16.4. The predicted octanol–water partition coefficient (Wildman–Crippen LogP) is 1.71. The van der Waals surface area contributed by atoms with Crippen LogP contribution in [0.15, 0.2) is 42.5 Å². The molecule has 0 bridgehead atoms. The van der Waals surface area contributed by atoms with Crippen LogP contribution in [0.25, 0.3) is 11.4 Å². The van der Waals surface area contributed by atoms with Gasteiger partial charge in [0.05, 0.1) is 6.04 Å². The van der Waals surface area contributed by atoms with Crippen LogP contribution < -0.4 is 5.32 Å². The van der Waals surface area contributed by atoms with Crippen LogP contribution in [-0.4, -0.2) is 84.7 Å². The molecule has 2 fully saturated rings. The van der Waals surface area contributed by atoms with Crippen molar-refractivity contribution in [2.75, 3.05) is 20.1 Å². The molecule has 1 aromatic carbocycles. The van der Waals surface area contributed by atoms with Gasteiger partial charge in [0.15, 0.2) is 0 Å². The summed E-state index contributed by atoms with van der Waals surface area (Å²) < 4.78 is 0. The van der Waals surface area contributed by atoms with E-state index in [-0.39, 0.29) is 31.0 Å². The molecule has 1 aliphatic carbocycles. The normalized spacial score (nSPS) is 30.1. The van der Waals surface area contributed by atoms with Crippen LogP contribution in [0.1, 0.15) is 38.1 Å². The second-order valence-corrected chi connectivity index (χ2v) is 9.56. The first-order valence-corrected chi connectivity index (χ1v) is 12.0. The summed E-state index contributed by atoms with van der Waals surface area (Å²) >= 11 is 0. The van der Waals surface area contributed by atoms with Crippen molar-refractivity contribution < 1.29 is 19.5 Å². The molecule has 4 unspecified atom stereocenters. The number of amides is 3. The van der Waals surface area contributed by atoms with Gasteiger partial charge in [-0.2, -0.15) is 4.80 Å². The molecule has 35 heavy (non-hydrogen) atoms. The molecule has 3 amide bonds. The van der Waals surface area contributed by atoms with Crippen molar-refractivity contribution in [2.24, 2.45) is 5.92 Å². The molecule has 11 nitrogen and oxygen atoms in total. The van der Waals surface area contributed by atoms with Gasteiger partial charge in [0.1, 0.15) is 11.6 Å². The van der Waals surface area contributed by atoms with Crippen molar-refractivity contribution in [1.82, 2.24) is 35.3 Å². The number of aromatic nitrogens is 4. The fraction of sp³-hybridized carbons (Fsp3) is 0.500. The molecule has 184 valence electrons. The number of hydrogen-bond acceptors (Lipinski definition) is 6. The van der Waals surface area contributed by atoms with E-state index in [1.807, 2.05) is 42.5 Å². The van der Waals surface area contributed by atoms with Crippen molar-refractivity contribution >= 4 is 17.9 Å². The summed E-state index contributed by atoms with van der Waals surface area (Å²) in [6.07, 6.45) is 7.01. The van der Waals surface area contributed by atoms with Crippen LogP contribution >= 0.6 is 0 Å². The zero-order valence-electron chi connectivity index (χ0n) is 19.6. The number of aliphatic carboxylic acids is 1. The molecule has 0 spiro atoms. The molecule has 3 heterocycles. The molecule has 1 aromatic heterocycles. The summed E-state index contributed by atoms with van der Waals surface area (Å²) in [5, 5.41) is 25.5. The molecule has 2 aliphatic heterocycles. The van der Waals surface area contributed by atoms with Gasteiger partial charge in [-0.1, -0.05) is 42.5 Å². The van der Waals surface area contributed by atoms with Crippen LogP contribution in [0.4, 0.5) is 4.79 Å². The minimum Gasteiger partial charge on any atom is -0.479 e. The summed E-state index contributed by atoms with van der Waals surface area (Å²) in [5.74, 6) is -1.30. The summed E-state index contributed by atoms with van der Waals surface area (Å²) in [7, 11) is 1.73. The molecule has 4 atom stereocenters. The zero-order valence-corrected chi connectivity index (χ0v) is 19.6. The topological polar surface area (TPSA) is 134 Å². The summed E-state index contributed by atoms with van der Waals surface area (Å²) in [6, 6.07) is 7.99. The lowest BCUT2D eigenvalue weighted by atomic mass is 10.1. The molecular formula is C24H29N7O4. The number of carboxylic acids is 1. The number of tetrazole rings is 1. The Morgan fingerprint density at radius 2 is 2.00 bits per heavy atom. The third-order valence-corrected chi connectivity index (χ3v) is 7.17. The average molecular weight is 480 g/mol. The van der Waals surface area contributed by atoms with E-state index in [1.54, 1.807) is 11.9 Å². The van der Waals surface area contributed by atoms with Crippen molar-refractivity contribution in [3.63, 3.8) is 0 Å². The number of allylic oxidation sites excluding steroid dienone is 1. The monoisotopic (exact) mass is 479 g/mol. The fourth-order valence-electron chi connectivity index (χ4n) is 4.98. The number of benzene rings is 1. The SMILES string of the molecule is CN1CCCC/C=C\C2CC2(C(=O)O)NC(=O)C2CC(n3nnc(-c4ccccc4)n3)CN2C1=O. The Kier molecular flexibility index (Phi) is 6.00. The lowest BCUT2D eigenvalue weighted by molar-refractivity contribution is -0.144. The van der Waals surface area contributed by atoms with E-state index in [2.05, 4.69) is 20.7 Å². The number of carbonyl (C=O) groups excluding carboxylic acids is 2. The highest BCUT2D eigenvalue weighted by Gasteiger charge is 2.61. The van der Waals surface area contributed by atoms with E-state index in [0.29, 0.717) is 18.8 Å². The number of carboxylic acid groups (broad SMARTS) is 1. The molecule has 2 aromatic rings. The van der Waals surface area contributed by atoms with Crippen molar-refractivity contribution in [2.45, 2.75) is 49.7 Å². The minimum absolute atomic E-state index is 0.231. The van der Waals surface area contributed by atoms with Crippen molar-refractivity contribution in [3.8, 4) is 11.4 Å². The second-order valence-electron chi connectivity index (χ2n) is 9.56. The van der Waals surface area contributed by atoms with Gasteiger partial charge in [-0.25, -0.2) is 9.59 Å². The first-order valence-electron chi connectivity index (χ1n) is 12.0. The van der Waals surface area contributed by atoms with Crippen molar-refractivity contribution in [3.05, 3.63) is 42.5 Å². The van der Waals surface area contributed by atoms with Crippen LogP contribution in [0.3, 0.4) is 0 Å². The zero-order chi connectivity index (χ0) is 24.6. The molecule has 3 aliphatic rings. The van der Waals surface area contributed by atoms with Crippen LogP contribution in [0.5, 0.6) is 0 Å². The molecule has 2 N–H and O–H groups in total. The predicted molar refractivity (Wildman–Crippen MR) is 125 cm³/mol. The van der Waals surface area contributed by atoms with E-state index in [9.17, 15) is 19.5 Å². The largest absolute Gasteiger partial charge is 0.479 e. The molecule has 11 heteroatoms. The maximum Gasteiger partial charge on any atom is 0.330 e. The van der Waals surface area contributed by atoms with E-state index < -0.39 is 23.5 Å². The Morgan fingerprint density at radius 3 is 2.77 bits per heavy atom. The van der Waals surface area contributed by atoms with Gasteiger partial charge in [-0.3, -0.25) is 4.79 Å². The first kappa shape index (κ1) is 23.0. The smallest absolute Gasteiger partial charge is 0.330 e. The standard InChI is InChI=1S/C24H29N7O4/c1-29-12-8-3-2-7-11-17-14-24(17,22(33)34)25-21(32)19-13-18(15-30(19)23(29)35)31-27-20(26-28-31)16-9-5-4-6-10-16/h4-7,9-11,17-19H,2-3,8,12-15H2,1H3,(H,25,32)(H,33,34)/b11-7-. The number of nitrogens with one attached hydrogen (secondary N) is 1. The van der Waals surface area contributed by atoms with Gasteiger partial charge in [0, 0.05) is 38.0 Å². The quantitative estimate of drug-likeness (QED) is 0.640. The maximum absolute atomic E-state index is 13.4. The first-order chi connectivity index (χ1) is 16.9. The molecule has 5 rings (SSSR count). The number of rotatable bonds is 3. The number of urea groups is 1. The summed E-state index contributed by atoms with van der Waals surface area (Å²) in [6.45, 7) is 0.805. The third kappa shape index (κ3) is 4.38. The Labute approximate surface area is 202 Å². The van der Waals surface area contributed by atoms with Crippen LogP contribution in [-0.2, 0) is 9.59 Å². The summed E-state index contributed by atoms with van der Waals surface area (Å²) in [5.41, 5.74) is -0.497. The third-order valence-electron chi connectivity index (χ3n) is 7.17. The second kappa shape index (κ2) is 9.12. The molecule has 1 saturated heterocycles. The van der Waals surface area contributed by atoms with Crippen LogP contribution in [0, 0.1) is 5.92 Å². The Morgan fingerprint density at radius 1 is 1.20 bits per heavy atom. The average Bonchev–Trinajstić information content (AvgIpc) is 3.18.